The molecule has 0 aromatic carbocycles. The highest BCUT2D eigenvalue weighted by Crippen LogP contribution is 2.59. The Morgan fingerprint density at radius 2 is 1.80 bits per heavy atom. The molecule has 2 aliphatic carbocycles. The van der Waals surface area contributed by atoms with Crippen LogP contribution in [0.2, 0.25) is 18.1 Å². The number of nitrogens with zero attached hydrogens (tertiary/aromatic N) is 1. The predicted octanol–water partition coefficient (Wildman–Crippen LogP) is 5.86. The average molecular weight is 440 g/mol. The van der Waals surface area contributed by atoms with E-state index in [1.807, 2.05) is 12.1 Å². The number of hydrogen-bond acceptors (Lipinski definition) is 4. The van der Waals surface area contributed by atoms with Crippen molar-refractivity contribution in [1.82, 2.24) is 5.06 Å². The first-order valence-electron chi connectivity index (χ1n) is 12.5. The molecule has 3 aliphatic rings. The molecule has 0 amide bonds. The lowest BCUT2D eigenvalue weighted by Gasteiger charge is -2.50. The van der Waals surface area contributed by atoms with Crippen LogP contribution >= 0.6 is 0 Å². The highest BCUT2D eigenvalue weighted by atomic mass is 28.4. The van der Waals surface area contributed by atoms with Crippen LogP contribution in [0.1, 0.15) is 80.6 Å². The molecule has 0 radical (unpaired) electrons. The molecule has 0 aromatic heterocycles. The predicted molar refractivity (Wildman–Crippen MR) is 127 cm³/mol. The maximum absolute atomic E-state index is 11.5. The van der Waals surface area contributed by atoms with Gasteiger partial charge in [-0.25, -0.2) is 0 Å². The molecule has 0 unspecified atom stereocenters. The number of fused-ring (bicyclic) bond motifs is 1. The van der Waals surface area contributed by atoms with E-state index in [4.69, 9.17) is 9.26 Å². The van der Waals surface area contributed by atoms with Gasteiger partial charge in [0.1, 0.15) is 0 Å². The third-order valence-electron chi connectivity index (χ3n) is 9.94. The van der Waals surface area contributed by atoms with Gasteiger partial charge in [0.25, 0.3) is 0 Å². The molecule has 0 aromatic rings. The van der Waals surface area contributed by atoms with Gasteiger partial charge in [0, 0.05) is 19.1 Å². The van der Waals surface area contributed by atoms with Crippen molar-refractivity contribution in [2.24, 2.45) is 29.1 Å². The molecule has 3 fully saturated rings. The summed E-state index contributed by atoms with van der Waals surface area (Å²) in [5.74, 6) is 1.81. The summed E-state index contributed by atoms with van der Waals surface area (Å²) in [5.41, 5.74) is 0.276. The summed E-state index contributed by atoms with van der Waals surface area (Å²) in [6.07, 6.45) is 6.44. The van der Waals surface area contributed by atoms with Gasteiger partial charge in [-0.1, -0.05) is 48.0 Å². The minimum Gasteiger partial charge on any atom is -0.414 e. The summed E-state index contributed by atoms with van der Waals surface area (Å²) in [4.78, 5) is 5.91. The second-order valence-corrected chi connectivity index (χ2v) is 17.4. The zero-order valence-electron chi connectivity index (χ0n) is 21.4. The highest BCUT2D eigenvalue weighted by Gasteiger charge is 2.56. The van der Waals surface area contributed by atoms with E-state index < -0.39 is 8.32 Å². The molecular formula is C25H49NO3Si. The van der Waals surface area contributed by atoms with Crippen LogP contribution in [0.15, 0.2) is 0 Å². The van der Waals surface area contributed by atoms with Crippen molar-refractivity contribution in [3.63, 3.8) is 0 Å². The van der Waals surface area contributed by atoms with Crippen LogP contribution < -0.4 is 0 Å². The van der Waals surface area contributed by atoms with Crippen molar-refractivity contribution in [2.45, 2.75) is 123 Å². The fourth-order valence-electron chi connectivity index (χ4n) is 6.83. The van der Waals surface area contributed by atoms with Crippen LogP contribution in [0.25, 0.3) is 0 Å². The maximum Gasteiger partial charge on any atom is 0.192 e. The smallest absolute Gasteiger partial charge is 0.192 e. The quantitative estimate of drug-likeness (QED) is 0.545. The molecule has 1 saturated heterocycles. The lowest BCUT2D eigenvalue weighted by atomic mass is 9.60. The summed E-state index contributed by atoms with van der Waals surface area (Å²) >= 11 is 0. The molecule has 30 heavy (non-hydrogen) atoms. The van der Waals surface area contributed by atoms with Crippen LogP contribution in [0.5, 0.6) is 0 Å². The topological polar surface area (TPSA) is 41.9 Å². The van der Waals surface area contributed by atoms with Crippen molar-refractivity contribution in [2.75, 3.05) is 7.05 Å². The van der Waals surface area contributed by atoms with Gasteiger partial charge in [0.15, 0.2) is 8.32 Å². The molecular weight excluding hydrogens is 390 g/mol. The minimum absolute atomic E-state index is 0.0838. The van der Waals surface area contributed by atoms with Crippen molar-refractivity contribution in [1.29, 1.82) is 0 Å². The molecule has 5 heteroatoms. The van der Waals surface area contributed by atoms with E-state index in [1.54, 1.807) is 0 Å². The van der Waals surface area contributed by atoms with Gasteiger partial charge in [-0.2, -0.15) is 5.06 Å². The van der Waals surface area contributed by atoms with Gasteiger partial charge < -0.3 is 9.53 Å². The van der Waals surface area contributed by atoms with Crippen LogP contribution in [0.4, 0.5) is 0 Å². The third kappa shape index (κ3) is 4.18. The summed E-state index contributed by atoms with van der Waals surface area (Å²) in [6.45, 7) is 21.0. The largest absolute Gasteiger partial charge is 0.414 e. The fourth-order valence-corrected chi connectivity index (χ4v) is 8.22. The lowest BCUT2D eigenvalue weighted by Crippen LogP contribution is -2.52. The Morgan fingerprint density at radius 1 is 1.17 bits per heavy atom. The zero-order chi connectivity index (χ0) is 22.6. The van der Waals surface area contributed by atoms with Crippen molar-refractivity contribution < 1.29 is 14.4 Å². The Morgan fingerprint density at radius 3 is 2.33 bits per heavy atom. The average Bonchev–Trinajstić information content (AvgIpc) is 3.09. The van der Waals surface area contributed by atoms with E-state index in [2.05, 4.69) is 61.6 Å². The fraction of sp³-hybridized carbons (Fsp3) is 1.00. The van der Waals surface area contributed by atoms with E-state index >= 15 is 0 Å². The third-order valence-corrected chi connectivity index (χ3v) is 14.4. The number of likely N-dealkylation sites (N-methyl/N-ethyl adjacent to an activating group) is 1. The molecule has 0 bridgehead atoms. The van der Waals surface area contributed by atoms with E-state index in [1.165, 1.54) is 32.1 Å². The van der Waals surface area contributed by atoms with E-state index in [-0.39, 0.29) is 34.6 Å². The Balaban J connectivity index is 1.76. The zero-order valence-corrected chi connectivity index (χ0v) is 22.4. The van der Waals surface area contributed by atoms with Crippen LogP contribution in [-0.4, -0.2) is 49.9 Å². The van der Waals surface area contributed by atoms with Crippen molar-refractivity contribution >= 4 is 8.32 Å². The molecule has 3 rings (SSSR count). The monoisotopic (exact) mass is 439 g/mol. The molecule has 2 saturated carbocycles. The molecule has 1 N–H and O–H groups in total. The molecule has 176 valence electrons. The Hall–Kier alpha value is 0.0569. The molecule has 4 nitrogen and oxygen atoms in total. The minimum atomic E-state index is -1.78. The number of hydroxylamine groups is 2. The van der Waals surface area contributed by atoms with E-state index in [0.717, 1.165) is 0 Å². The maximum atomic E-state index is 11.5. The van der Waals surface area contributed by atoms with Crippen molar-refractivity contribution in [3.8, 4) is 0 Å². The Bertz CT molecular complexity index is 606. The second kappa shape index (κ2) is 8.44. The highest BCUT2D eigenvalue weighted by molar-refractivity contribution is 6.74. The van der Waals surface area contributed by atoms with Gasteiger partial charge in [-0.15, -0.1) is 0 Å². The van der Waals surface area contributed by atoms with Crippen LogP contribution in [0, 0.1) is 29.1 Å². The number of aliphatic hydroxyl groups is 1. The first-order chi connectivity index (χ1) is 13.7. The summed E-state index contributed by atoms with van der Waals surface area (Å²) in [6, 6.07) is 0.0838. The molecule has 9 atom stereocenters. The van der Waals surface area contributed by atoms with E-state index in [9.17, 15) is 5.11 Å². The van der Waals surface area contributed by atoms with Crippen molar-refractivity contribution in [3.05, 3.63) is 0 Å². The summed E-state index contributed by atoms with van der Waals surface area (Å²) in [7, 11) is 0.214. The Labute approximate surface area is 187 Å². The first kappa shape index (κ1) is 24.7. The van der Waals surface area contributed by atoms with Crippen LogP contribution in [-0.2, 0) is 9.26 Å². The number of rotatable bonds is 5. The van der Waals surface area contributed by atoms with E-state index in [0.29, 0.717) is 23.9 Å². The van der Waals surface area contributed by atoms with Gasteiger partial charge in [-0.3, -0.25) is 4.84 Å². The lowest BCUT2D eigenvalue weighted by molar-refractivity contribution is -0.162. The molecule has 1 heterocycles. The standard InChI is InChI=1S/C25H49NO3Si/c1-16-18(3)28-26(8)22(16)23(27)17(2)19-13-14-20-21(12-11-15-25(19,20)7)29-30(9,10)24(4,5)6/h16-23,27H,11-15H2,1-10H3/t16-,17+,18-,19-,20+,21+,22+,23-,25-/m1/s1. The van der Waals surface area contributed by atoms with Gasteiger partial charge in [0.05, 0.1) is 18.2 Å². The summed E-state index contributed by atoms with van der Waals surface area (Å²) < 4.78 is 7.01. The number of aliphatic hydroxyl groups excluding tert-OH is 1. The van der Waals surface area contributed by atoms with Gasteiger partial charge >= 0.3 is 0 Å². The van der Waals surface area contributed by atoms with Crippen LogP contribution in [0.3, 0.4) is 0 Å². The number of hydrogen-bond donors (Lipinski definition) is 1. The Kier molecular flexibility index (Phi) is 6.95. The van der Waals surface area contributed by atoms with Gasteiger partial charge in [-0.05, 0) is 73.9 Å². The second-order valence-electron chi connectivity index (χ2n) is 12.7. The first-order valence-corrected chi connectivity index (χ1v) is 15.4. The normalized spacial score (nSPS) is 42.9. The summed E-state index contributed by atoms with van der Waals surface area (Å²) in [5, 5.41) is 13.6. The molecule has 1 aliphatic heterocycles. The van der Waals surface area contributed by atoms with Gasteiger partial charge in [0.2, 0.25) is 0 Å². The SMILES string of the molecule is C[C@H]([C@@H](O)[C@@H]1[C@H](C)[C@@H](C)ON1C)[C@H]1CC[C@H]2[C@@H](O[Si](C)(C)C(C)(C)C)CCC[C@]12C. The molecule has 0 spiro atoms.